The fourth-order valence-electron chi connectivity index (χ4n) is 1.16. The molecule has 6 heteroatoms. The van der Waals surface area contributed by atoms with E-state index in [-0.39, 0.29) is 15.7 Å². The summed E-state index contributed by atoms with van der Waals surface area (Å²) < 4.78 is 27.9. The fraction of sp³-hybridized carbons (Fsp3) is 0.273. The monoisotopic (exact) mass is 273 g/mol. The van der Waals surface area contributed by atoms with Gasteiger partial charge < -0.3 is 4.74 Å². The average molecular weight is 274 g/mol. The maximum absolute atomic E-state index is 11.3. The van der Waals surface area contributed by atoms with E-state index in [1.165, 1.54) is 18.2 Å². The second-order valence-corrected chi connectivity index (χ2v) is 5.13. The van der Waals surface area contributed by atoms with Gasteiger partial charge >= 0.3 is 0 Å². The number of benzene rings is 1. The molecule has 0 atom stereocenters. The van der Waals surface area contributed by atoms with E-state index in [4.69, 9.17) is 21.5 Å². The standard InChI is InChI=1S/C11H12ClNO3S/c1-2-3-4-7-16-10-6-5-9(12)8-11(10)17(13,14)15/h5-6,8H,4,7H2,1H3,(H2,13,14,15). The van der Waals surface area contributed by atoms with Crippen LogP contribution in [0.15, 0.2) is 23.1 Å². The van der Waals surface area contributed by atoms with Crippen molar-refractivity contribution in [2.75, 3.05) is 6.61 Å². The van der Waals surface area contributed by atoms with Crippen molar-refractivity contribution in [2.45, 2.75) is 18.2 Å². The number of nitrogens with two attached hydrogens (primary N) is 1. The van der Waals surface area contributed by atoms with Crippen molar-refractivity contribution < 1.29 is 13.2 Å². The molecule has 0 amide bonds. The SMILES string of the molecule is CC#CCCOc1ccc(Cl)cc1S(N)(=O)=O. The predicted molar refractivity (Wildman–Crippen MR) is 66.4 cm³/mol. The molecule has 0 aliphatic heterocycles. The van der Waals surface area contributed by atoms with Crippen LogP contribution >= 0.6 is 11.6 Å². The molecule has 17 heavy (non-hydrogen) atoms. The van der Waals surface area contributed by atoms with Crippen LogP contribution < -0.4 is 9.88 Å². The van der Waals surface area contributed by atoms with Crippen LogP contribution in [0.3, 0.4) is 0 Å². The number of hydrogen-bond donors (Lipinski definition) is 1. The van der Waals surface area contributed by atoms with Crippen LogP contribution in [-0.2, 0) is 10.0 Å². The highest BCUT2D eigenvalue weighted by Gasteiger charge is 2.15. The molecule has 0 bridgehead atoms. The fourth-order valence-corrected chi connectivity index (χ4v) is 2.10. The van der Waals surface area contributed by atoms with Crippen molar-refractivity contribution in [2.24, 2.45) is 5.14 Å². The molecule has 0 radical (unpaired) electrons. The Hall–Kier alpha value is -1.22. The van der Waals surface area contributed by atoms with Crippen molar-refractivity contribution >= 4 is 21.6 Å². The molecular weight excluding hydrogens is 262 g/mol. The molecule has 2 N–H and O–H groups in total. The van der Waals surface area contributed by atoms with Gasteiger partial charge in [-0.1, -0.05) is 11.6 Å². The Morgan fingerprint density at radius 3 is 2.76 bits per heavy atom. The summed E-state index contributed by atoms with van der Waals surface area (Å²) in [7, 11) is -3.84. The highest BCUT2D eigenvalue weighted by atomic mass is 35.5. The molecule has 0 saturated heterocycles. The first kappa shape index (κ1) is 13.8. The molecule has 92 valence electrons. The van der Waals surface area contributed by atoms with Crippen LogP contribution in [0.5, 0.6) is 5.75 Å². The third kappa shape index (κ3) is 4.27. The molecule has 0 heterocycles. The highest BCUT2D eigenvalue weighted by Crippen LogP contribution is 2.26. The van der Waals surface area contributed by atoms with E-state index in [0.29, 0.717) is 13.0 Å². The summed E-state index contributed by atoms with van der Waals surface area (Å²) in [5.74, 6) is 5.71. The Morgan fingerprint density at radius 1 is 1.47 bits per heavy atom. The summed E-state index contributed by atoms with van der Waals surface area (Å²) in [6.07, 6.45) is 0.517. The van der Waals surface area contributed by atoms with Crippen molar-refractivity contribution in [3.8, 4) is 17.6 Å². The summed E-state index contributed by atoms with van der Waals surface area (Å²) in [5, 5.41) is 5.35. The normalized spacial score (nSPS) is 10.5. The Bertz CT molecular complexity index is 558. The lowest BCUT2D eigenvalue weighted by Gasteiger charge is -2.09. The van der Waals surface area contributed by atoms with Gasteiger partial charge in [0.1, 0.15) is 10.6 Å². The minimum atomic E-state index is -3.84. The lowest BCUT2D eigenvalue weighted by molar-refractivity contribution is 0.318. The third-order valence-electron chi connectivity index (χ3n) is 1.87. The molecular formula is C11H12ClNO3S. The summed E-state index contributed by atoms with van der Waals surface area (Å²) in [4.78, 5) is -0.116. The first-order valence-corrected chi connectivity index (χ1v) is 6.72. The van der Waals surface area contributed by atoms with Crippen LogP contribution in [0.1, 0.15) is 13.3 Å². The topological polar surface area (TPSA) is 69.4 Å². The lowest BCUT2D eigenvalue weighted by Crippen LogP contribution is -2.14. The molecule has 1 rings (SSSR count). The second kappa shape index (κ2) is 5.92. The third-order valence-corrected chi connectivity index (χ3v) is 3.04. The van der Waals surface area contributed by atoms with Crippen molar-refractivity contribution in [3.05, 3.63) is 23.2 Å². The van der Waals surface area contributed by atoms with Crippen molar-refractivity contribution in [3.63, 3.8) is 0 Å². The maximum Gasteiger partial charge on any atom is 0.241 e. The summed E-state index contributed by atoms with van der Waals surface area (Å²) in [6.45, 7) is 2.02. The molecule has 1 aromatic carbocycles. The van der Waals surface area contributed by atoms with E-state index >= 15 is 0 Å². The zero-order valence-electron chi connectivity index (χ0n) is 9.23. The summed E-state index contributed by atoms with van der Waals surface area (Å²) in [5.41, 5.74) is 0. The Kier molecular flexibility index (Phi) is 4.82. The number of ether oxygens (including phenoxy) is 1. The van der Waals surface area contributed by atoms with Gasteiger partial charge in [-0.2, -0.15) is 0 Å². The number of rotatable bonds is 4. The van der Waals surface area contributed by atoms with E-state index < -0.39 is 10.0 Å². The van der Waals surface area contributed by atoms with Gasteiger partial charge in [-0.25, -0.2) is 13.6 Å². The van der Waals surface area contributed by atoms with Crippen molar-refractivity contribution in [1.29, 1.82) is 0 Å². The molecule has 0 fully saturated rings. The Balaban J connectivity index is 2.94. The van der Waals surface area contributed by atoms with Gasteiger partial charge in [0.05, 0.1) is 6.61 Å². The van der Waals surface area contributed by atoms with E-state index in [1.54, 1.807) is 6.92 Å². The van der Waals surface area contributed by atoms with Gasteiger partial charge in [-0.3, -0.25) is 0 Å². The van der Waals surface area contributed by atoms with Crippen LogP contribution in [0.2, 0.25) is 5.02 Å². The summed E-state index contributed by atoms with van der Waals surface area (Å²) >= 11 is 5.71. The zero-order valence-corrected chi connectivity index (χ0v) is 10.8. The van der Waals surface area contributed by atoms with E-state index in [2.05, 4.69) is 11.8 Å². The lowest BCUT2D eigenvalue weighted by atomic mass is 10.3. The smallest absolute Gasteiger partial charge is 0.241 e. The first-order chi connectivity index (χ1) is 7.95. The quantitative estimate of drug-likeness (QED) is 0.671. The second-order valence-electron chi connectivity index (χ2n) is 3.16. The largest absolute Gasteiger partial charge is 0.491 e. The Labute approximate surface area is 106 Å². The molecule has 0 saturated carbocycles. The minimum absolute atomic E-state index is 0.116. The molecule has 0 aliphatic rings. The number of sulfonamides is 1. The number of halogens is 1. The van der Waals surface area contributed by atoms with Crippen LogP contribution in [0.4, 0.5) is 0 Å². The van der Waals surface area contributed by atoms with E-state index in [1.807, 2.05) is 0 Å². The van der Waals surface area contributed by atoms with E-state index in [9.17, 15) is 8.42 Å². The zero-order chi connectivity index (χ0) is 12.9. The number of primary sulfonamides is 1. The number of hydrogen-bond acceptors (Lipinski definition) is 3. The first-order valence-electron chi connectivity index (χ1n) is 4.80. The molecule has 0 aromatic heterocycles. The molecule has 4 nitrogen and oxygen atoms in total. The molecule has 0 spiro atoms. The van der Waals surface area contributed by atoms with Crippen LogP contribution in [0.25, 0.3) is 0 Å². The molecule has 1 aromatic rings. The van der Waals surface area contributed by atoms with Gasteiger partial charge in [-0.15, -0.1) is 11.8 Å². The summed E-state index contributed by atoms with van der Waals surface area (Å²) in [6, 6.07) is 4.27. The predicted octanol–water partition coefficient (Wildman–Crippen LogP) is 1.78. The highest BCUT2D eigenvalue weighted by molar-refractivity contribution is 7.89. The van der Waals surface area contributed by atoms with Crippen molar-refractivity contribution in [1.82, 2.24) is 0 Å². The van der Waals surface area contributed by atoms with Crippen LogP contribution in [0, 0.1) is 11.8 Å². The molecule has 0 aliphatic carbocycles. The van der Waals surface area contributed by atoms with Gasteiger partial charge in [0.2, 0.25) is 10.0 Å². The van der Waals surface area contributed by atoms with Gasteiger partial charge in [0.15, 0.2) is 0 Å². The van der Waals surface area contributed by atoms with Gasteiger partial charge in [0.25, 0.3) is 0 Å². The van der Waals surface area contributed by atoms with E-state index in [0.717, 1.165) is 0 Å². The van der Waals surface area contributed by atoms with Crippen LogP contribution in [-0.4, -0.2) is 15.0 Å². The Morgan fingerprint density at radius 2 is 2.18 bits per heavy atom. The van der Waals surface area contributed by atoms with Gasteiger partial charge in [0, 0.05) is 11.4 Å². The average Bonchev–Trinajstić information content (AvgIpc) is 2.25. The van der Waals surface area contributed by atoms with Gasteiger partial charge in [-0.05, 0) is 25.1 Å². The minimum Gasteiger partial charge on any atom is -0.491 e. The molecule has 0 unspecified atom stereocenters. The maximum atomic E-state index is 11.3.